The molecular formula is C43H44O6. The maximum Gasteiger partial charge on any atom is 0.187 e. The molecule has 5 aromatic rings. The van der Waals surface area contributed by atoms with Crippen molar-refractivity contribution < 1.29 is 28.4 Å². The molecule has 0 unspecified atom stereocenters. The normalized spacial score (nSPS) is 20.6. The first-order chi connectivity index (χ1) is 24.3. The zero-order chi connectivity index (χ0) is 33.5. The molecule has 1 saturated heterocycles. The highest BCUT2D eigenvalue weighted by molar-refractivity contribution is 5.30. The van der Waals surface area contributed by atoms with Crippen LogP contribution in [0.3, 0.4) is 0 Å². The van der Waals surface area contributed by atoms with Crippen LogP contribution in [-0.4, -0.2) is 43.9 Å². The molecule has 0 spiro atoms. The van der Waals surface area contributed by atoms with Crippen LogP contribution in [0.5, 0.6) is 0 Å². The summed E-state index contributed by atoms with van der Waals surface area (Å²) in [5, 5.41) is 0. The predicted octanol–water partition coefficient (Wildman–Crippen LogP) is 8.48. The van der Waals surface area contributed by atoms with Gasteiger partial charge in [-0.3, -0.25) is 0 Å². The van der Waals surface area contributed by atoms with Crippen molar-refractivity contribution in [1.82, 2.24) is 0 Å². The van der Waals surface area contributed by atoms with Crippen LogP contribution in [0.4, 0.5) is 0 Å². The van der Waals surface area contributed by atoms with Gasteiger partial charge in [0.2, 0.25) is 0 Å². The maximum absolute atomic E-state index is 7.15. The van der Waals surface area contributed by atoms with Gasteiger partial charge < -0.3 is 28.4 Å². The zero-order valence-corrected chi connectivity index (χ0v) is 27.7. The van der Waals surface area contributed by atoms with E-state index in [0.29, 0.717) is 19.8 Å². The van der Waals surface area contributed by atoms with Crippen molar-refractivity contribution in [2.24, 2.45) is 0 Å². The highest BCUT2D eigenvalue weighted by atomic mass is 16.7. The smallest absolute Gasteiger partial charge is 0.187 e. The van der Waals surface area contributed by atoms with Crippen LogP contribution in [0.15, 0.2) is 164 Å². The van der Waals surface area contributed by atoms with E-state index in [9.17, 15) is 0 Å². The minimum Gasteiger partial charge on any atom is -0.374 e. The van der Waals surface area contributed by atoms with E-state index in [-0.39, 0.29) is 13.2 Å². The molecule has 5 aromatic carbocycles. The van der Waals surface area contributed by atoms with E-state index in [2.05, 4.69) is 55.1 Å². The predicted molar refractivity (Wildman–Crippen MR) is 191 cm³/mol. The lowest BCUT2D eigenvalue weighted by Gasteiger charge is -2.46. The molecule has 0 saturated carbocycles. The molecule has 6 nitrogen and oxygen atoms in total. The van der Waals surface area contributed by atoms with Crippen LogP contribution in [0.25, 0.3) is 0 Å². The average Bonchev–Trinajstić information content (AvgIpc) is 3.17. The molecule has 1 fully saturated rings. The van der Waals surface area contributed by atoms with Gasteiger partial charge in [-0.05, 0) is 27.8 Å². The van der Waals surface area contributed by atoms with Gasteiger partial charge in [0.25, 0.3) is 0 Å². The Hall–Kier alpha value is -4.40. The molecule has 6 heteroatoms. The second-order valence-corrected chi connectivity index (χ2v) is 12.0. The molecule has 0 aromatic heterocycles. The first-order valence-electron chi connectivity index (χ1n) is 16.8. The van der Waals surface area contributed by atoms with E-state index in [4.69, 9.17) is 28.4 Å². The maximum atomic E-state index is 7.15. The molecule has 0 aliphatic carbocycles. The monoisotopic (exact) mass is 656 g/mol. The summed E-state index contributed by atoms with van der Waals surface area (Å²) in [7, 11) is 0. The molecule has 5 atom stereocenters. The molecule has 1 aliphatic heterocycles. The third-order valence-corrected chi connectivity index (χ3v) is 8.43. The number of hydrogen-bond donors (Lipinski definition) is 0. The molecule has 0 bridgehead atoms. The Morgan fingerprint density at radius 3 is 1.47 bits per heavy atom. The van der Waals surface area contributed by atoms with E-state index in [1.165, 1.54) is 0 Å². The standard InChI is InChI=1S/C43H44O6/c1-2-28-45-43-42(49-39(36-24-14-6-15-25-36)37-26-16-7-17-27-37)41(47-31-35-22-12-5-13-23-35)40(46-30-34-20-10-4-11-21-34)38(48-43)32-44-29-33-18-8-3-9-19-33/h2-27,38-43H,1,28-32H2/t38-,40-,41+,42+,43+/m1/s1. The van der Waals surface area contributed by atoms with E-state index >= 15 is 0 Å². The Balaban J connectivity index is 1.36. The Labute approximate surface area is 289 Å². The lowest BCUT2D eigenvalue weighted by molar-refractivity contribution is -0.329. The average molecular weight is 657 g/mol. The number of rotatable bonds is 17. The van der Waals surface area contributed by atoms with Gasteiger partial charge in [-0.15, -0.1) is 6.58 Å². The van der Waals surface area contributed by atoms with Gasteiger partial charge >= 0.3 is 0 Å². The molecule has 0 radical (unpaired) electrons. The first kappa shape index (κ1) is 34.5. The molecule has 1 heterocycles. The van der Waals surface area contributed by atoms with Crippen LogP contribution >= 0.6 is 0 Å². The molecule has 0 amide bonds. The van der Waals surface area contributed by atoms with Crippen molar-refractivity contribution in [3.8, 4) is 0 Å². The molecular weight excluding hydrogens is 612 g/mol. The number of ether oxygens (including phenoxy) is 6. The van der Waals surface area contributed by atoms with Gasteiger partial charge in [-0.2, -0.15) is 0 Å². The second kappa shape index (κ2) is 18.4. The Morgan fingerprint density at radius 2 is 0.980 bits per heavy atom. The van der Waals surface area contributed by atoms with Gasteiger partial charge in [0, 0.05) is 0 Å². The topological polar surface area (TPSA) is 55.4 Å². The fourth-order valence-electron chi connectivity index (χ4n) is 6.01. The summed E-state index contributed by atoms with van der Waals surface area (Å²) in [6.07, 6.45) is -1.85. The van der Waals surface area contributed by atoms with E-state index < -0.39 is 36.8 Å². The van der Waals surface area contributed by atoms with Crippen LogP contribution in [-0.2, 0) is 48.2 Å². The molecule has 252 valence electrons. The van der Waals surface area contributed by atoms with E-state index in [1.54, 1.807) is 6.08 Å². The summed E-state index contributed by atoms with van der Waals surface area (Å²) in [5.74, 6) is 0. The van der Waals surface area contributed by atoms with Crippen molar-refractivity contribution in [2.75, 3.05) is 13.2 Å². The lowest BCUT2D eigenvalue weighted by atomic mass is 9.96. The summed E-state index contributed by atoms with van der Waals surface area (Å²) in [6, 6.07) is 50.7. The Kier molecular flexibility index (Phi) is 12.9. The summed E-state index contributed by atoms with van der Waals surface area (Å²) < 4.78 is 40.2. The molecule has 6 rings (SSSR count). The molecule has 49 heavy (non-hydrogen) atoms. The van der Waals surface area contributed by atoms with Crippen LogP contribution < -0.4 is 0 Å². The van der Waals surface area contributed by atoms with Crippen LogP contribution in [0, 0.1) is 0 Å². The third-order valence-electron chi connectivity index (χ3n) is 8.43. The highest BCUT2D eigenvalue weighted by Gasteiger charge is 2.50. The van der Waals surface area contributed by atoms with E-state index in [1.807, 2.05) is 103 Å². The summed E-state index contributed by atoms with van der Waals surface area (Å²) in [4.78, 5) is 0. The SMILES string of the molecule is C=CCO[C@H]1O[C@H](COCc2ccccc2)[C@@H](OCc2ccccc2)[C@H](OCc2ccccc2)[C@@H]1OC(c1ccccc1)c1ccccc1. The highest BCUT2D eigenvalue weighted by Crippen LogP contribution is 2.36. The fraction of sp³-hybridized carbons (Fsp3) is 0.256. The third kappa shape index (κ3) is 9.83. The second-order valence-electron chi connectivity index (χ2n) is 12.0. The summed E-state index contributed by atoms with van der Waals surface area (Å²) in [5.41, 5.74) is 5.17. The van der Waals surface area contributed by atoms with Gasteiger partial charge in [-0.25, -0.2) is 0 Å². The van der Waals surface area contributed by atoms with Crippen molar-refractivity contribution in [1.29, 1.82) is 0 Å². The van der Waals surface area contributed by atoms with Crippen molar-refractivity contribution >= 4 is 0 Å². The molecule has 1 aliphatic rings. The van der Waals surface area contributed by atoms with Crippen LogP contribution in [0.1, 0.15) is 33.9 Å². The van der Waals surface area contributed by atoms with Gasteiger partial charge in [0.15, 0.2) is 6.29 Å². The minimum absolute atomic E-state index is 0.265. The zero-order valence-electron chi connectivity index (χ0n) is 27.7. The number of hydrogen-bond acceptors (Lipinski definition) is 6. The van der Waals surface area contributed by atoms with Crippen molar-refractivity contribution in [3.63, 3.8) is 0 Å². The quantitative estimate of drug-likeness (QED) is 0.0937. The minimum atomic E-state index is -0.796. The summed E-state index contributed by atoms with van der Waals surface area (Å²) >= 11 is 0. The van der Waals surface area contributed by atoms with E-state index in [0.717, 1.165) is 27.8 Å². The largest absolute Gasteiger partial charge is 0.374 e. The van der Waals surface area contributed by atoms with Crippen molar-refractivity contribution in [2.45, 2.75) is 56.6 Å². The van der Waals surface area contributed by atoms with Gasteiger partial charge in [0.1, 0.15) is 30.5 Å². The first-order valence-corrected chi connectivity index (χ1v) is 16.8. The summed E-state index contributed by atoms with van der Waals surface area (Å²) in [6.45, 7) is 5.58. The van der Waals surface area contributed by atoms with Crippen molar-refractivity contribution in [3.05, 3.63) is 192 Å². The Bertz CT molecular complexity index is 1600. The van der Waals surface area contributed by atoms with Gasteiger partial charge in [-0.1, -0.05) is 158 Å². The van der Waals surface area contributed by atoms with Gasteiger partial charge in [0.05, 0.1) is 33.0 Å². The molecule has 0 N–H and O–H groups in total. The van der Waals surface area contributed by atoms with Crippen LogP contribution in [0.2, 0.25) is 0 Å². The lowest BCUT2D eigenvalue weighted by Crippen LogP contribution is -2.62. The Morgan fingerprint density at radius 1 is 0.531 bits per heavy atom. The fourth-order valence-corrected chi connectivity index (χ4v) is 6.01. The number of benzene rings is 5.